The minimum atomic E-state index is -1.06. The van der Waals surface area contributed by atoms with Crippen LogP contribution in [-0.4, -0.2) is 16.0 Å². The molecule has 0 fully saturated rings. The largest absolute Gasteiger partial charge is 0.478 e. The summed E-state index contributed by atoms with van der Waals surface area (Å²) in [6, 6.07) is 7.80. The van der Waals surface area contributed by atoms with E-state index >= 15 is 0 Å². The number of nitro benzene ring substituents is 1. The Morgan fingerprint density at radius 2 is 1.67 bits per heavy atom. The number of nitro groups is 1. The Labute approximate surface area is 128 Å². The average Bonchev–Trinajstić information content (AvgIpc) is 2.43. The lowest BCUT2D eigenvalue weighted by Crippen LogP contribution is -1.95. The minimum absolute atomic E-state index is 0.0171. The topological polar surface area (TPSA) is 89.7 Å². The fourth-order valence-electron chi connectivity index (χ4n) is 1.53. The lowest BCUT2D eigenvalue weighted by atomic mass is 10.2. The molecule has 0 bridgehead atoms. The summed E-state index contributed by atoms with van der Waals surface area (Å²) in [6.07, 6.45) is 0. The summed E-state index contributed by atoms with van der Waals surface area (Å²) < 4.78 is 5.43. The molecule has 1 N–H and O–H groups in total. The first kappa shape index (κ1) is 15.1. The molecule has 0 saturated heterocycles. The van der Waals surface area contributed by atoms with Gasteiger partial charge in [0.05, 0.1) is 20.5 Å². The van der Waals surface area contributed by atoms with E-state index in [4.69, 9.17) is 33.0 Å². The lowest BCUT2D eigenvalue weighted by molar-refractivity contribution is -0.384. The highest BCUT2D eigenvalue weighted by Gasteiger charge is 2.16. The van der Waals surface area contributed by atoms with Gasteiger partial charge in [0.1, 0.15) is 5.75 Å². The van der Waals surface area contributed by atoms with Crippen LogP contribution < -0.4 is 4.74 Å². The molecule has 8 heteroatoms. The van der Waals surface area contributed by atoms with E-state index in [1.807, 2.05) is 0 Å². The van der Waals surface area contributed by atoms with Crippen molar-refractivity contribution in [1.29, 1.82) is 0 Å². The zero-order valence-corrected chi connectivity index (χ0v) is 11.8. The van der Waals surface area contributed by atoms with Gasteiger partial charge in [-0.15, -0.1) is 0 Å². The summed E-state index contributed by atoms with van der Waals surface area (Å²) in [6.45, 7) is 0. The van der Waals surface area contributed by atoms with Crippen LogP contribution in [0, 0.1) is 10.1 Å². The van der Waals surface area contributed by atoms with Gasteiger partial charge in [-0.2, -0.15) is 0 Å². The molecule has 2 aromatic rings. The molecule has 0 atom stereocenters. The summed E-state index contributed by atoms with van der Waals surface area (Å²) in [5.41, 5.74) is -0.151. The number of carbonyl (C=O) groups is 1. The van der Waals surface area contributed by atoms with Gasteiger partial charge < -0.3 is 9.84 Å². The zero-order chi connectivity index (χ0) is 15.6. The smallest absolute Gasteiger partial charge is 0.335 e. The molecule has 0 unspecified atom stereocenters. The third-order valence-corrected chi connectivity index (χ3v) is 3.08. The Balaban J connectivity index is 2.31. The fourth-order valence-corrected chi connectivity index (χ4v) is 2.09. The molecule has 0 saturated carbocycles. The molecule has 2 rings (SSSR count). The third-order valence-electron chi connectivity index (χ3n) is 2.52. The Morgan fingerprint density at radius 1 is 1.14 bits per heavy atom. The summed E-state index contributed by atoms with van der Waals surface area (Å²) in [7, 11) is 0. The van der Waals surface area contributed by atoms with Crippen LogP contribution >= 0.6 is 23.2 Å². The van der Waals surface area contributed by atoms with Crippen molar-refractivity contribution >= 4 is 34.9 Å². The third kappa shape index (κ3) is 3.42. The normalized spacial score (nSPS) is 10.2. The Morgan fingerprint density at radius 3 is 2.10 bits per heavy atom. The van der Waals surface area contributed by atoms with Crippen molar-refractivity contribution in [2.24, 2.45) is 0 Å². The van der Waals surface area contributed by atoms with Crippen LogP contribution in [0.5, 0.6) is 11.5 Å². The quantitative estimate of drug-likeness (QED) is 0.664. The molecule has 108 valence electrons. The maximum Gasteiger partial charge on any atom is 0.335 e. The number of non-ortho nitro benzene ring substituents is 1. The molecule has 6 nitrogen and oxygen atoms in total. The summed E-state index contributed by atoms with van der Waals surface area (Å²) in [5, 5.41) is 19.4. The van der Waals surface area contributed by atoms with Gasteiger partial charge in [-0.25, -0.2) is 4.79 Å². The van der Waals surface area contributed by atoms with Gasteiger partial charge in [-0.05, 0) is 24.3 Å². The van der Waals surface area contributed by atoms with Gasteiger partial charge in [0.15, 0.2) is 5.75 Å². The maximum absolute atomic E-state index is 10.7. The van der Waals surface area contributed by atoms with Crippen molar-refractivity contribution in [2.75, 3.05) is 0 Å². The molecule has 0 aliphatic rings. The number of benzene rings is 2. The second kappa shape index (κ2) is 5.99. The first-order valence-electron chi connectivity index (χ1n) is 5.53. The average molecular weight is 328 g/mol. The highest BCUT2D eigenvalue weighted by molar-refractivity contribution is 6.37. The SMILES string of the molecule is O=C(O)c1ccc(Oc2c(Cl)cc([N+](=O)[O-])cc2Cl)cc1. The van der Waals surface area contributed by atoms with Gasteiger partial charge in [0, 0.05) is 12.1 Å². The molecule has 0 heterocycles. The molecule has 0 amide bonds. The van der Waals surface area contributed by atoms with Crippen molar-refractivity contribution in [1.82, 2.24) is 0 Å². The molecule has 21 heavy (non-hydrogen) atoms. The van der Waals surface area contributed by atoms with E-state index < -0.39 is 10.9 Å². The van der Waals surface area contributed by atoms with Crippen LogP contribution in [0.2, 0.25) is 10.0 Å². The van der Waals surface area contributed by atoms with E-state index in [2.05, 4.69) is 0 Å². The predicted octanol–water partition coefficient (Wildman–Crippen LogP) is 4.39. The second-order valence-electron chi connectivity index (χ2n) is 3.93. The first-order chi connectivity index (χ1) is 9.88. The van der Waals surface area contributed by atoms with Crippen LogP contribution in [0.15, 0.2) is 36.4 Å². The Kier molecular flexibility index (Phi) is 4.30. The van der Waals surface area contributed by atoms with E-state index in [1.165, 1.54) is 24.3 Å². The fraction of sp³-hybridized carbons (Fsp3) is 0. The van der Waals surface area contributed by atoms with Crippen molar-refractivity contribution in [3.8, 4) is 11.5 Å². The van der Waals surface area contributed by atoms with Crippen molar-refractivity contribution < 1.29 is 19.6 Å². The number of nitrogens with zero attached hydrogens (tertiary/aromatic N) is 1. The van der Waals surface area contributed by atoms with Gasteiger partial charge in [0.2, 0.25) is 0 Å². The molecular weight excluding hydrogens is 321 g/mol. The number of carboxylic acids is 1. The predicted molar refractivity (Wildman–Crippen MR) is 76.6 cm³/mol. The molecule has 0 aromatic heterocycles. The van der Waals surface area contributed by atoms with Crippen LogP contribution in [-0.2, 0) is 0 Å². The van der Waals surface area contributed by atoms with Crippen LogP contribution in [0.3, 0.4) is 0 Å². The highest BCUT2D eigenvalue weighted by Crippen LogP contribution is 2.39. The highest BCUT2D eigenvalue weighted by atomic mass is 35.5. The number of halogens is 2. The first-order valence-corrected chi connectivity index (χ1v) is 6.28. The monoisotopic (exact) mass is 327 g/mol. The molecule has 2 aromatic carbocycles. The number of ether oxygens (including phenoxy) is 1. The Hall–Kier alpha value is -2.31. The number of carboxylic acid groups (broad SMARTS) is 1. The van der Waals surface area contributed by atoms with E-state index in [1.54, 1.807) is 0 Å². The lowest BCUT2D eigenvalue weighted by Gasteiger charge is -2.09. The van der Waals surface area contributed by atoms with Crippen LogP contribution in [0.4, 0.5) is 5.69 Å². The summed E-state index contributed by atoms with van der Waals surface area (Å²) in [4.78, 5) is 20.8. The van der Waals surface area contributed by atoms with E-state index in [0.29, 0.717) is 5.75 Å². The van der Waals surface area contributed by atoms with Crippen molar-refractivity contribution in [3.05, 3.63) is 62.1 Å². The van der Waals surface area contributed by atoms with Crippen LogP contribution in [0.1, 0.15) is 10.4 Å². The van der Waals surface area contributed by atoms with E-state index in [-0.39, 0.29) is 27.0 Å². The number of hydrogen-bond donors (Lipinski definition) is 1. The molecule has 0 spiro atoms. The second-order valence-corrected chi connectivity index (χ2v) is 4.74. The summed E-state index contributed by atoms with van der Waals surface area (Å²) >= 11 is 11.8. The standard InChI is InChI=1S/C13H7Cl2NO5/c14-10-5-8(16(19)20)6-11(15)12(10)21-9-3-1-7(2-4-9)13(17)18/h1-6H,(H,17,18). The molecular formula is C13H7Cl2NO5. The maximum atomic E-state index is 10.7. The zero-order valence-electron chi connectivity index (χ0n) is 10.2. The summed E-state index contributed by atoms with van der Waals surface area (Å²) in [5.74, 6) is -0.697. The van der Waals surface area contributed by atoms with Gasteiger partial charge in [-0.1, -0.05) is 23.2 Å². The van der Waals surface area contributed by atoms with E-state index in [9.17, 15) is 14.9 Å². The Bertz CT molecular complexity index is 692. The molecule has 0 aliphatic carbocycles. The van der Waals surface area contributed by atoms with Gasteiger partial charge in [0.25, 0.3) is 5.69 Å². The van der Waals surface area contributed by atoms with Crippen LogP contribution in [0.25, 0.3) is 0 Å². The van der Waals surface area contributed by atoms with Crippen molar-refractivity contribution in [2.45, 2.75) is 0 Å². The number of rotatable bonds is 4. The number of hydrogen-bond acceptors (Lipinski definition) is 4. The van der Waals surface area contributed by atoms with Gasteiger partial charge >= 0.3 is 5.97 Å². The molecule has 0 radical (unpaired) electrons. The molecule has 0 aliphatic heterocycles. The number of aromatic carboxylic acids is 1. The van der Waals surface area contributed by atoms with E-state index in [0.717, 1.165) is 12.1 Å². The van der Waals surface area contributed by atoms with Gasteiger partial charge in [-0.3, -0.25) is 10.1 Å². The van der Waals surface area contributed by atoms with Crippen molar-refractivity contribution in [3.63, 3.8) is 0 Å². The minimum Gasteiger partial charge on any atom is -0.478 e.